The Kier molecular flexibility index (Phi) is 7.76. The predicted octanol–water partition coefficient (Wildman–Crippen LogP) is 6.10. The van der Waals surface area contributed by atoms with Crippen LogP contribution in [0.15, 0.2) is 24.3 Å². The van der Waals surface area contributed by atoms with Crippen LogP contribution in [0.2, 0.25) is 18.1 Å². The zero-order valence-corrected chi connectivity index (χ0v) is 17.4. The van der Waals surface area contributed by atoms with Crippen molar-refractivity contribution in [2.75, 3.05) is 6.61 Å². The largest absolute Gasteiger partial charge is 0.417 e. The molecule has 0 unspecified atom stereocenters. The van der Waals surface area contributed by atoms with E-state index < -0.39 is 8.32 Å². The van der Waals surface area contributed by atoms with E-state index in [1.807, 2.05) is 0 Å². The third-order valence-corrected chi connectivity index (χ3v) is 9.69. The Morgan fingerprint density at radius 1 is 1.39 bits per heavy atom. The summed E-state index contributed by atoms with van der Waals surface area (Å²) < 4.78 is 12.5. The minimum absolute atomic E-state index is 0.218. The zero-order chi connectivity index (χ0) is 17.7. The van der Waals surface area contributed by atoms with Crippen LogP contribution >= 0.6 is 0 Å². The molecular weight excluding hydrogens is 300 g/mol. The fraction of sp³-hybridized carbons (Fsp3) is 0.800. The normalized spacial score (nSPS) is 23.8. The molecule has 0 saturated heterocycles. The van der Waals surface area contributed by atoms with E-state index in [2.05, 4.69) is 66.4 Å². The minimum Gasteiger partial charge on any atom is -0.417 e. The number of rotatable bonds is 8. The van der Waals surface area contributed by atoms with Gasteiger partial charge in [-0.3, -0.25) is 0 Å². The van der Waals surface area contributed by atoms with Crippen LogP contribution in [0.5, 0.6) is 0 Å². The van der Waals surface area contributed by atoms with Gasteiger partial charge in [0.25, 0.3) is 0 Å². The first-order valence-electron chi connectivity index (χ1n) is 9.11. The van der Waals surface area contributed by atoms with E-state index in [1.165, 1.54) is 5.57 Å². The van der Waals surface area contributed by atoms with Gasteiger partial charge in [0, 0.05) is 6.61 Å². The number of hydrogen-bond donors (Lipinski definition) is 0. The maximum absolute atomic E-state index is 6.28. The summed E-state index contributed by atoms with van der Waals surface area (Å²) in [6, 6.07) is 0. The van der Waals surface area contributed by atoms with E-state index in [0.29, 0.717) is 12.0 Å². The molecule has 3 heteroatoms. The van der Waals surface area contributed by atoms with Gasteiger partial charge < -0.3 is 9.16 Å². The average Bonchev–Trinajstić information content (AvgIpc) is 2.36. The minimum atomic E-state index is -1.64. The third kappa shape index (κ3) is 7.36. The Hall–Kier alpha value is -0.383. The zero-order valence-electron chi connectivity index (χ0n) is 16.4. The molecule has 0 aromatic rings. The Bertz CT molecular complexity index is 406. The first-order valence-corrected chi connectivity index (χ1v) is 12.0. The van der Waals surface area contributed by atoms with Crippen LogP contribution in [0.4, 0.5) is 0 Å². The van der Waals surface area contributed by atoms with Crippen molar-refractivity contribution in [2.45, 2.75) is 90.6 Å². The van der Waals surface area contributed by atoms with Crippen molar-refractivity contribution in [2.24, 2.45) is 5.92 Å². The molecule has 2 nitrogen and oxygen atoms in total. The second kappa shape index (κ2) is 8.64. The van der Waals surface area contributed by atoms with Gasteiger partial charge in [-0.2, -0.15) is 0 Å². The molecule has 1 aliphatic heterocycles. The highest BCUT2D eigenvalue weighted by atomic mass is 28.4. The molecule has 1 aliphatic rings. The van der Waals surface area contributed by atoms with Crippen LogP contribution in [0.1, 0.15) is 60.3 Å². The van der Waals surface area contributed by atoms with E-state index in [1.54, 1.807) is 0 Å². The maximum Gasteiger partial charge on any atom is 0.191 e. The van der Waals surface area contributed by atoms with E-state index >= 15 is 0 Å². The van der Waals surface area contributed by atoms with E-state index in [9.17, 15) is 0 Å². The van der Waals surface area contributed by atoms with Crippen LogP contribution < -0.4 is 0 Å². The van der Waals surface area contributed by atoms with Gasteiger partial charge in [-0.25, -0.2) is 0 Å². The molecule has 0 spiro atoms. The summed E-state index contributed by atoms with van der Waals surface area (Å²) in [6.07, 6.45) is 9.31. The molecule has 23 heavy (non-hydrogen) atoms. The van der Waals surface area contributed by atoms with E-state index in [0.717, 1.165) is 32.3 Å². The summed E-state index contributed by atoms with van der Waals surface area (Å²) in [5, 5.41) is 0.275. The summed E-state index contributed by atoms with van der Waals surface area (Å²) in [6.45, 7) is 20.7. The number of ether oxygens (including phenoxy) is 1. The fourth-order valence-electron chi connectivity index (χ4n) is 2.82. The monoisotopic (exact) mass is 338 g/mol. The Balaban J connectivity index is 2.38. The summed E-state index contributed by atoms with van der Waals surface area (Å²) in [5.74, 6) is 0.646. The highest BCUT2D eigenvalue weighted by Gasteiger charge is 2.37. The van der Waals surface area contributed by atoms with E-state index in [-0.39, 0.29) is 11.1 Å². The molecule has 0 saturated carbocycles. The Labute approximate surface area is 145 Å². The van der Waals surface area contributed by atoms with Crippen molar-refractivity contribution in [3.63, 3.8) is 0 Å². The van der Waals surface area contributed by atoms with Crippen molar-refractivity contribution in [3.8, 4) is 0 Å². The van der Waals surface area contributed by atoms with Gasteiger partial charge in [-0.05, 0) is 56.7 Å². The van der Waals surface area contributed by atoms with Crippen LogP contribution in [0, 0.1) is 5.92 Å². The highest BCUT2D eigenvalue weighted by Crippen LogP contribution is 2.36. The average molecular weight is 339 g/mol. The van der Waals surface area contributed by atoms with Gasteiger partial charge in [0.2, 0.25) is 0 Å². The molecule has 0 radical (unpaired) electrons. The molecular formula is C20H38O2Si. The lowest BCUT2D eigenvalue weighted by Gasteiger charge is -2.36. The number of allylic oxidation sites excluding steroid dienone is 1. The lowest BCUT2D eigenvalue weighted by Crippen LogP contribution is -2.41. The van der Waals surface area contributed by atoms with Crippen LogP contribution in [-0.4, -0.2) is 27.1 Å². The first kappa shape index (κ1) is 20.7. The Morgan fingerprint density at radius 2 is 2.04 bits per heavy atom. The van der Waals surface area contributed by atoms with Crippen LogP contribution in [0.3, 0.4) is 0 Å². The van der Waals surface area contributed by atoms with Gasteiger partial charge in [0.1, 0.15) is 0 Å². The second-order valence-electron chi connectivity index (χ2n) is 8.86. The lowest BCUT2D eigenvalue weighted by atomic mass is 9.94. The van der Waals surface area contributed by atoms with Crippen molar-refractivity contribution < 1.29 is 9.16 Å². The molecule has 0 fully saturated rings. The maximum atomic E-state index is 6.28. The molecule has 0 aliphatic carbocycles. The quantitative estimate of drug-likeness (QED) is 0.393. The summed E-state index contributed by atoms with van der Waals surface area (Å²) in [7, 11) is -1.64. The fourth-order valence-corrected chi connectivity index (χ4v) is 3.88. The molecule has 1 rings (SSSR count). The van der Waals surface area contributed by atoms with Crippen LogP contribution in [0.25, 0.3) is 0 Å². The molecule has 0 aromatic heterocycles. The number of hydrogen-bond acceptors (Lipinski definition) is 2. The SMILES string of the molecule is C=C(C)C[C@H](C)C[C@@H]1CC=C[C@@H](CCO[Si](C)(C)C(C)(C)C)O1. The van der Waals surface area contributed by atoms with Gasteiger partial charge in [-0.1, -0.05) is 45.4 Å². The van der Waals surface area contributed by atoms with E-state index in [4.69, 9.17) is 9.16 Å². The van der Waals surface area contributed by atoms with Gasteiger partial charge in [-0.15, -0.1) is 6.58 Å². The van der Waals surface area contributed by atoms with Gasteiger partial charge >= 0.3 is 0 Å². The third-order valence-electron chi connectivity index (χ3n) is 5.15. The molecule has 134 valence electrons. The van der Waals surface area contributed by atoms with Crippen molar-refractivity contribution in [1.82, 2.24) is 0 Å². The standard InChI is InChI=1S/C20H38O2Si/c1-16(2)14-17(3)15-19-11-9-10-18(22-19)12-13-21-23(7,8)20(4,5)6/h9-10,17-19H,1,11-15H2,2-8H3/t17-,18-,19-/m0/s1. The molecule has 0 bridgehead atoms. The highest BCUT2D eigenvalue weighted by molar-refractivity contribution is 6.74. The first-order chi connectivity index (χ1) is 10.5. The molecule has 3 atom stereocenters. The van der Waals surface area contributed by atoms with Crippen molar-refractivity contribution in [3.05, 3.63) is 24.3 Å². The second-order valence-corrected chi connectivity index (χ2v) is 13.7. The molecule has 0 N–H and O–H groups in total. The molecule has 0 amide bonds. The van der Waals surface area contributed by atoms with Gasteiger partial charge in [0.05, 0.1) is 12.2 Å². The van der Waals surface area contributed by atoms with Crippen molar-refractivity contribution in [1.29, 1.82) is 0 Å². The van der Waals surface area contributed by atoms with Crippen LogP contribution in [-0.2, 0) is 9.16 Å². The summed E-state index contributed by atoms with van der Waals surface area (Å²) in [5.41, 5.74) is 1.27. The Morgan fingerprint density at radius 3 is 2.61 bits per heavy atom. The van der Waals surface area contributed by atoms with Crippen molar-refractivity contribution >= 4 is 8.32 Å². The predicted molar refractivity (Wildman–Crippen MR) is 103 cm³/mol. The topological polar surface area (TPSA) is 18.5 Å². The smallest absolute Gasteiger partial charge is 0.191 e. The molecule has 1 heterocycles. The summed E-state index contributed by atoms with van der Waals surface area (Å²) in [4.78, 5) is 0. The summed E-state index contributed by atoms with van der Waals surface area (Å²) >= 11 is 0. The molecule has 0 aromatic carbocycles. The lowest BCUT2D eigenvalue weighted by molar-refractivity contribution is -0.0147. The van der Waals surface area contributed by atoms with Gasteiger partial charge in [0.15, 0.2) is 8.32 Å².